The highest BCUT2D eigenvalue weighted by molar-refractivity contribution is 5.57. The molecular formula is C23H40N2O2. The average Bonchev–Trinajstić information content (AvgIpc) is 2.99. The van der Waals surface area contributed by atoms with Crippen LogP contribution in [0, 0.1) is 40.4 Å². The molecule has 0 radical (unpaired) electrons. The number of hydrogen-bond acceptors (Lipinski definition) is 4. The van der Waals surface area contributed by atoms with E-state index in [0.717, 1.165) is 48.9 Å². The third-order valence-corrected chi connectivity index (χ3v) is 9.58. The molecule has 27 heavy (non-hydrogen) atoms. The van der Waals surface area contributed by atoms with Crippen molar-refractivity contribution in [3.05, 3.63) is 0 Å². The highest BCUT2D eigenvalue weighted by Crippen LogP contribution is 2.67. The zero-order chi connectivity index (χ0) is 19.1. The molecule has 4 heteroatoms. The van der Waals surface area contributed by atoms with Crippen LogP contribution in [0.4, 0.5) is 0 Å². The first kappa shape index (κ1) is 19.7. The standard InChI is InChI=1S/C23H40N2O2/c1-22-11-8-21-19(5-3-17-15-18(26)7-10-23(17,21)2)20(22)6-4-16(22)9-13-25-27-14-12-24/h13,16-21,26H,3-12,14-15,24H2,1-2H3/b25-13+/t16-,17-,18+,19+,20+,21+,22-,23+/m1/s1. The van der Waals surface area contributed by atoms with E-state index >= 15 is 0 Å². The van der Waals surface area contributed by atoms with Gasteiger partial charge in [0, 0.05) is 12.8 Å². The molecule has 0 amide bonds. The summed E-state index contributed by atoms with van der Waals surface area (Å²) >= 11 is 0. The van der Waals surface area contributed by atoms with Gasteiger partial charge in [0.15, 0.2) is 0 Å². The average molecular weight is 377 g/mol. The number of nitrogens with zero attached hydrogens (tertiary/aromatic N) is 1. The fraction of sp³-hybridized carbons (Fsp3) is 0.957. The third-order valence-electron chi connectivity index (χ3n) is 9.58. The van der Waals surface area contributed by atoms with Crippen molar-refractivity contribution in [2.75, 3.05) is 13.2 Å². The lowest BCUT2D eigenvalue weighted by Crippen LogP contribution is -2.53. The predicted molar refractivity (Wildman–Crippen MR) is 109 cm³/mol. The first-order valence-electron chi connectivity index (χ1n) is 11.5. The molecule has 0 spiro atoms. The van der Waals surface area contributed by atoms with Crippen LogP contribution >= 0.6 is 0 Å². The number of fused-ring (bicyclic) bond motifs is 5. The molecule has 3 N–H and O–H groups in total. The van der Waals surface area contributed by atoms with Gasteiger partial charge in [0.05, 0.1) is 6.10 Å². The molecule has 4 saturated carbocycles. The number of oxime groups is 1. The van der Waals surface area contributed by atoms with E-state index in [4.69, 9.17) is 10.6 Å². The maximum atomic E-state index is 10.2. The van der Waals surface area contributed by atoms with E-state index in [2.05, 4.69) is 19.0 Å². The molecule has 4 aliphatic carbocycles. The van der Waals surface area contributed by atoms with Crippen LogP contribution in [0.25, 0.3) is 0 Å². The Bertz CT molecular complexity index is 552. The van der Waals surface area contributed by atoms with E-state index < -0.39 is 0 Å². The van der Waals surface area contributed by atoms with Crippen LogP contribution in [0.1, 0.15) is 78.1 Å². The Morgan fingerprint density at radius 1 is 1.04 bits per heavy atom. The minimum Gasteiger partial charge on any atom is -0.395 e. The van der Waals surface area contributed by atoms with Gasteiger partial charge in [-0.25, -0.2) is 0 Å². The second-order valence-electron chi connectivity index (χ2n) is 10.5. The fourth-order valence-corrected chi connectivity index (χ4v) is 8.06. The topological polar surface area (TPSA) is 67.8 Å². The molecule has 0 bridgehead atoms. The van der Waals surface area contributed by atoms with Gasteiger partial charge in [-0.2, -0.15) is 0 Å². The van der Waals surface area contributed by atoms with Gasteiger partial charge in [0.2, 0.25) is 0 Å². The number of nitrogens with two attached hydrogens (primary N) is 1. The summed E-state index contributed by atoms with van der Waals surface area (Å²) in [6.45, 7) is 6.20. The molecular weight excluding hydrogens is 336 g/mol. The molecule has 4 fully saturated rings. The molecule has 0 aromatic heterocycles. The van der Waals surface area contributed by atoms with Crippen LogP contribution in [0.15, 0.2) is 5.16 Å². The predicted octanol–water partition coefficient (Wildman–Crippen LogP) is 4.36. The summed E-state index contributed by atoms with van der Waals surface area (Å²) in [6, 6.07) is 0. The van der Waals surface area contributed by atoms with Crippen molar-refractivity contribution in [1.82, 2.24) is 0 Å². The van der Waals surface area contributed by atoms with Crippen molar-refractivity contribution in [2.24, 2.45) is 51.3 Å². The third kappa shape index (κ3) is 3.35. The maximum Gasteiger partial charge on any atom is 0.129 e. The van der Waals surface area contributed by atoms with Crippen LogP contribution in [-0.4, -0.2) is 30.6 Å². The number of aliphatic hydroxyl groups excluding tert-OH is 1. The van der Waals surface area contributed by atoms with Crippen LogP contribution in [0.5, 0.6) is 0 Å². The Labute approximate surface area is 165 Å². The van der Waals surface area contributed by atoms with E-state index in [1.54, 1.807) is 0 Å². The first-order valence-corrected chi connectivity index (χ1v) is 11.5. The van der Waals surface area contributed by atoms with Crippen molar-refractivity contribution >= 4 is 6.21 Å². The summed E-state index contributed by atoms with van der Waals surface area (Å²) in [5.74, 6) is 4.21. The van der Waals surface area contributed by atoms with Crippen molar-refractivity contribution in [1.29, 1.82) is 0 Å². The summed E-state index contributed by atoms with van der Waals surface area (Å²) in [5, 5.41) is 14.3. The summed E-state index contributed by atoms with van der Waals surface area (Å²) in [4.78, 5) is 5.20. The van der Waals surface area contributed by atoms with Crippen LogP contribution in [-0.2, 0) is 4.84 Å². The minimum atomic E-state index is -0.0369. The van der Waals surface area contributed by atoms with Crippen LogP contribution in [0.3, 0.4) is 0 Å². The van der Waals surface area contributed by atoms with Crippen LogP contribution < -0.4 is 5.73 Å². The monoisotopic (exact) mass is 376 g/mol. The van der Waals surface area contributed by atoms with E-state index in [9.17, 15) is 5.11 Å². The number of hydrogen-bond donors (Lipinski definition) is 2. The molecule has 0 saturated heterocycles. The fourth-order valence-electron chi connectivity index (χ4n) is 8.06. The van der Waals surface area contributed by atoms with Crippen molar-refractivity contribution < 1.29 is 9.94 Å². The molecule has 4 rings (SSSR count). The minimum absolute atomic E-state index is 0.0369. The molecule has 0 unspecified atom stereocenters. The van der Waals surface area contributed by atoms with Gasteiger partial charge in [0.25, 0.3) is 0 Å². The van der Waals surface area contributed by atoms with E-state index in [1.165, 1.54) is 44.9 Å². The normalized spacial score (nSPS) is 49.5. The van der Waals surface area contributed by atoms with E-state index in [1.807, 2.05) is 6.21 Å². The van der Waals surface area contributed by atoms with E-state index in [0.29, 0.717) is 24.0 Å². The lowest BCUT2D eigenvalue weighted by atomic mass is 9.44. The summed E-state index contributed by atoms with van der Waals surface area (Å²) in [7, 11) is 0. The van der Waals surface area contributed by atoms with E-state index in [-0.39, 0.29) is 6.10 Å². The zero-order valence-corrected chi connectivity index (χ0v) is 17.4. The summed E-state index contributed by atoms with van der Waals surface area (Å²) < 4.78 is 0. The van der Waals surface area contributed by atoms with Crippen LogP contribution in [0.2, 0.25) is 0 Å². The zero-order valence-electron chi connectivity index (χ0n) is 17.4. The van der Waals surface area contributed by atoms with Gasteiger partial charge in [0.1, 0.15) is 6.61 Å². The lowest BCUT2D eigenvalue weighted by Gasteiger charge is -2.61. The molecule has 4 nitrogen and oxygen atoms in total. The van der Waals surface area contributed by atoms with Gasteiger partial charge in [-0.05, 0) is 105 Å². The molecule has 0 aromatic rings. The molecule has 4 aliphatic rings. The Morgan fingerprint density at radius 2 is 1.81 bits per heavy atom. The van der Waals surface area contributed by atoms with Gasteiger partial charge in [-0.15, -0.1) is 0 Å². The van der Waals surface area contributed by atoms with Gasteiger partial charge < -0.3 is 15.7 Å². The summed E-state index contributed by atoms with van der Waals surface area (Å²) in [6.07, 6.45) is 14.6. The summed E-state index contributed by atoms with van der Waals surface area (Å²) in [5.41, 5.74) is 6.43. The molecule has 154 valence electrons. The highest BCUT2D eigenvalue weighted by Gasteiger charge is 2.59. The molecule has 8 atom stereocenters. The van der Waals surface area contributed by atoms with Crippen molar-refractivity contribution in [2.45, 2.75) is 84.2 Å². The van der Waals surface area contributed by atoms with Crippen molar-refractivity contribution in [3.63, 3.8) is 0 Å². The first-order chi connectivity index (χ1) is 13.0. The Balaban J connectivity index is 1.45. The number of aliphatic hydroxyl groups is 1. The molecule has 0 aromatic carbocycles. The van der Waals surface area contributed by atoms with Crippen molar-refractivity contribution in [3.8, 4) is 0 Å². The smallest absolute Gasteiger partial charge is 0.129 e. The highest BCUT2D eigenvalue weighted by atomic mass is 16.6. The van der Waals surface area contributed by atoms with Gasteiger partial charge in [-0.1, -0.05) is 19.0 Å². The maximum absolute atomic E-state index is 10.2. The molecule has 0 aliphatic heterocycles. The molecule has 0 heterocycles. The van der Waals surface area contributed by atoms with Gasteiger partial charge >= 0.3 is 0 Å². The quantitative estimate of drug-likeness (QED) is 0.426. The number of rotatable bonds is 5. The Kier molecular flexibility index (Phi) is 5.59. The SMILES string of the molecule is C[C@]12CC[C@H](O)C[C@H]1CC[C@@H]1[C@@H]2CC[C@]2(C)[C@@H](C/C=N/OCCN)CC[C@@H]12. The van der Waals surface area contributed by atoms with Gasteiger partial charge in [-0.3, -0.25) is 0 Å². The Hall–Kier alpha value is -0.610. The second-order valence-corrected chi connectivity index (χ2v) is 10.5. The lowest BCUT2D eigenvalue weighted by molar-refractivity contribution is -0.126. The Morgan fingerprint density at radius 3 is 2.63 bits per heavy atom. The second kappa shape index (κ2) is 7.67. The largest absolute Gasteiger partial charge is 0.395 e.